The van der Waals surface area contributed by atoms with Crippen molar-refractivity contribution in [3.05, 3.63) is 57.6 Å². The molecule has 0 bridgehead atoms. The summed E-state index contributed by atoms with van der Waals surface area (Å²) in [5.74, 6) is -0.636. The molecule has 0 saturated carbocycles. The van der Waals surface area contributed by atoms with E-state index in [2.05, 4.69) is 5.32 Å². The number of methoxy groups -OCH3 is 1. The number of carbonyl (C=O) groups is 2. The topological polar surface area (TPSA) is 117 Å². The first-order chi connectivity index (χ1) is 13.3. The van der Waals surface area contributed by atoms with Gasteiger partial charge in [0, 0.05) is 6.07 Å². The predicted octanol–water partition coefficient (Wildman–Crippen LogP) is 2.78. The number of nitrogens with one attached hydrogen (secondary N) is 1. The Labute approximate surface area is 161 Å². The first-order valence-electron chi connectivity index (χ1n) is 8.28. The minimum atomic E-state index is -0.702. The Hall–Kier alpha value is -3.62. The molecule has 0 spiro atoms. The van der Waals surface area contributed by atoms with Gasteiger partial charge in [0.25, 0.3) is 11.6 Å². The zero-order chi connectivity index (χ0) is 20.7. The highest BCUT2D eigenvalue weighted by molar-refractivity contribution is 5.94. The third-order valence-electron chi connectivity index (χ3n) is 3.72. The van der Waals surface area contributed by atoms with Gasteiger partial charge in [-0.2, -0.15) is 0 Å². The van der Waals surface area contributed by atoms with Crippen LogP contribution in [0.2, 0.25) is 0 Å². The van der Waals surface area contributed by atoms with Gasteiger partial charge in [-0.3, -0.25) is 14.9 Å². The minimum Gasteiger partial charge on any atom is -0.494 e. The van der Waals surface area contributed by atoms with E-state index in [4.69, 9.17) is 14.2 Å². The molecular formula is C19H20N2O7. The molecular weight excluding hydrogens is 368 g/mol. The molecule has 0 aliphatic heterocycles. The molecule has 0 aliphatic carbocycles. The van der Waals surface area contributed by atoms with Crippen LogP contribution >= 0.6 is 0 Å². The highest BCUT2D eigenvalue weighted by atomic mass is 16.6. The molecule has 2 rings (SSSR count). The summed E-state index contributed by atoms with van der Waals surface area (Å²) in [6.07, 6.45) is 0. The number of hydrogen-bond donors (Lipinski definition) is 1. The van der Waals surface area contributed by atoms with Gasteiger partial charge in [-0.1, -0.05) is 12.1 Å². The van der Waals surface area contributed by atoms with E-state index < -0.39 is 23.4 Å². The third kappa shape index (κ3) is 5.70. The normalized spacial score (nSPS) is 10.1. The second-order valence-electron chi connectivity index (χ2n) is 5.91. The number of benzene rings is 2. The van der Waals surface area contributed by atoms with E-state index in [-0.39, 0.29) is 23.7 Å². The molecule has 1 N–H and O–H groups in total. The van der Waals surface area contributed by atoms with Crippen LogP contribution in [0.1, 0.15) is 11.1 Å². The van der Waals surface area contributed by atoms with Gasteiger partial charge in [0.15, 0.2) is 13.2 Å². The molecule has 0 radical (unpaired) electrons. The third-order valence-corrected chi connectivity index (χ3v) is 3.72. The summed E-state index contributed by atoms with van der Waals surface area (Å²) in [5.41, 5.74) is 1.91. The monoisotopic (exact) mass is 388 g/mol. The Balaban J connectivity index is 1.86. The molecule has 0 aliphatic rings. The van der Waals surface area contributed by atoms with E-state index in [1.165, 1.54) is 25.3 Å². The Morgan fingerprint density at radius 3 is 2.50 bits per heavy atom. The maximum absolute atomic E-state index is 12.0. The van der Waals surface area contributed by atoms with Crippen LogP contribution in [0, 0.1) is 24.0 Å². The van der Waals surface area contributed by atoms with E-state index in [0.29, 0.717) is 5.75 Å². The first-order valence-corrected chi connectivity index (χ1v) is 8.28. The lowest BCUT2D eigenvalue weighted by molar-refractivity contribution is -0.384. The molecule has 2 aromatic rings. The quantitative estimate of drug-likeness (QED) is 0.420. The van der Waals surface area contributed by atoms with Crippen molar-refractivity contribution < 1.29 is 28.7 Å². The van der Waals surface area contributed by atoms with Gasteiger partial charge in [0.05, 0.1) is 23.8 Å². The smallest absolute Gasteiger partial charge is 0.344 e. The van der Waals surface area contributed by atoms with E-state index in [1.807, 2.05) is 26.0 Å². The largest absolute Gasteiger partial charge is 0.494 e. The van der Waals surface area contributed by atoms with Gasteiger partial charge in [-0.25, -0.2) is 4.79 Å². The van der Waals surface area contributed by atoms with Crippen LogP contribution in [-0.2, 0) is 14.3 Å². The van der Waals surface area contributed by atoms with Crippen molar-refractivity contribution in [1.82, 2.24) is 0 Å². The number of nitro groups is 1. The molecule has 9 nitrogen and oxygen atoms in total. The molecule has 1 amide bonds. The van der Waals surface area contributed by atoms with Gasteiger partial charge >= 0.3 is 5.97 Å². The molecule has 0 atom stereocenters. The number of rotatable bonds is 8. The Kier molecular flexibility index (Phi) is 6.91. The minimum absolute atomic E-state index is 0.118. The molecule has 0 fully saturated rings. The summed E-state index contributed by atoms with van der Waals surface area (Å²) in [7, 11) is 1.32. The highest BCUT2D eigenvalue weighted by Gasteiger charge is 2.15. The van der Waals surface area contributed by atoms with Crippen LogP contribution in [0.4, 0.5) is 11.4 Å². The second kappa shape index (κ2) is 9.36. The Morgan fingerprint density at radius 1 is 1.07 bits per heavy atom. The van der Waals surface area contributed by atoms with Gasteiger partial charge < -0.3 is 19.5 Å². The number of nitrogens with zero attached hydrogens (tertiary/aromatic N) is 1. The number of non-ortho nitro benzene ring substituents is 1. The highest BCUT2D eigenvalue weighted by Crippen LogP contribution is 2.28. The van der Waals surface area contributed by atoms with Crippen molar-refractivity contribution in [2.24, 2.45) is 0 Å². The molecule has 0 heterocycles. The predicted molar refractivity (Wildman–Crippen MR) is 101 cm³/mol. The summed E-state index contributed by atoms with van der Waals surface area (Å²) in [6, 6.07) is 9.34. The number of aryl methyl sites for hydroxylation is 2. The molecule has 0 aromatic heterocycles. The Bertz CT molecular complexity index is 896. The van der Waals surface area contributed by atoms with Crippen molar-refractivity contribution in [3.63, 3.8) is 0 Å². The summed E-state index contributed by atoms with van der Waals surface area (Å²) in [6.45, 7) is 2.89. The van der Waals surface area contributed by atoms with Gasteiger partial charge in [-0.15, -0.1) is 0 Å². The van der Waals surface area contributed by atoms with Gasteiger partial charge in [-0.05, 0) is 37.1 Å². The van der Waals surface area contributed by atoms with Gasteiger partial charge in [0.1, 0.15) is 11.5 Å². The van der Waals surface area contributed by atoms with Crippen molar-refractivity contribution in [3.8, 4) is 11.5 Å². The molecule has 148 valence electrons. The lowest BCUT2D eigenvalue weighted by atomic mass is 10.1. The van der Waals surface area contributed by atoms with Crippen molar-refractivity contribution >= 4 is 23.3 Å². The van der Waals surface area contributed by atoms with Crippen LogP contribution < -0.4 is 14.8 Å². The standard InChI is InChI=1S/C19H20N2O7/c1-12-4-5-13(2)16(8-12)27-11-19(23)28-10-18(22)20-15-7-6-14(21(24)25)9-17(15)26-3/h4-9H,10-11H2,1-3H3,(H,20,22). The number of anilines is 1. The number of carbonyl (C=O) groups excluding carboxylic acids is 2. The van der Waals surface area contributed by atoms with Crippen LogP contribution in [0.15, 0.2) is 36.4 Å². The second-order valence-corrected chi connectivity index (χ2v) is 5.91. The molecule has 28 heavy (non-hydrogen) atoms. The van der Waals surface area contributed by atoms with Crippen molar-refractivity contribution in [2.45, 2.75) is 13.8 Å². The summed E-state index contributed by atoms with van der Waals surface area (Å²) >= 11 is 0. The van der Waals surface area contributed by atoms with Crippen LogP contribution in [0.25, 0.3) is 0 Å². The lowest BCUT2D eigenvalue weighted by Gasteiger charge is -2.11. The van der Waals surface area contributed by atoms with E-state index in [9.17, 15) is 19.7 Å². The number of hydrogen-bond acceptors (Lipinski definition) is 7. The molecule has 9 heteroatoms. The molecule has 2 aromatic carbocycles. The number of nitro benzene ring substituents is 1. The number of ether oxygens (including phenoxy) is 3. The van der Waals surface area contributed by atoms with Crippen LogP contribution in [-0.4, -0.2) is 37.1 Å². The summed E-state index contributed by atoms with van der Waals surface area (Å²) < 4.78 is 15.3. The van der Waals surface area contributed by atoms with Crippen LogP contribution in [0.5, 0.6) is 11.5 Å². The van der Waals surface area contributed by atoms with Crippen molar-refractivity contribution in [1.29, 1.82) is 0 Å². The molecule has 0 unspecified atom stereocenters. The first kappa shape index (κ1) is 20.7. The van der Waals surface area contributed by atoms with E-state index in [0.717, 1.165) is 11.1 Å². The fraction of sp³-hybridized carbons (Fsp3) is 0.263. The average Bonchev–Trinajstić information content (AvgIpc) is 2.67. The maximum Gasteiger partial charge on any atom is 0.344 e. The van der Waals surface area contributed by atoms with Crippen molar-refractivity contribution in [2.75, 3.05) is 25.6 Å². The number of esters is 1. The summed E-state index contributed by atoms with van der Waals surface area (Å²) in [4.78, 5) is 33.9. The zero-order valence-electron chi connectivity index (χ0n) is 15.7. The maximum atomic E-state index is 12.0. The van der Waals surface area contributed by atoms with E-state index >= 15 is 0 Å². The average molecular weight is 388 g/mol. The van der Waals surface area contributed by atoms with Gasteiger partial charge in [0.2, 0.25) is 0 Å². The molecule has 0 saturated heterocycles. The fourth-order valence-corrected chi connectivity index (χ4v) is 2.27. The fourth-order valence-electron chi connectivity index (χ4n) is 2.27. The SMILES string of the molecule is COc1cc([N+](=O)[O-])ccc1NC(=O)COC(=O)COc1cc(C)ccc1C. The van der Waals surface area contributed by atoms with E-state index in [1.54, 1.807) is 6.07 Å². The summed E-state index contributed by atoms with van der Waals surface area (Å²) in [5, 5.41) is 13.2. The Morgan fingerprint density at radius 2 is 1.82 bits per heavy atom. The number of amides is 1. The zero-order valence-corrected chi connectivity index (χ0v) is 15.7. The lowest BCUT2D eigenvalue weighted by Crippen LogP contribution is -2.24. The van der Waals surface area contributed by atoms with Crippen LogP contribution in [0.3, 0.4) is 0 Å².